The Labute approximate surface area is 197 Å². The van der Waals surface area contributed by atoms with Crippen LogP contribution in [0, 0.1) is 0 Å². The first-order valence-electron chi connectivity index (χ1n) is 11.3. The van der Waals surface area contributed by atoms with Crippen LogP contribution in [0.4, 0.5) is 4.79 Å². The Morgan fingerprint density at radius 1 is 1.24 bits per heavy atom. The minimum Gasteiger partial charge on any atom is -0.450 e. The van der Waals surface area contributed by atoms with Gasteiger partial charge in [0.15, 0.2) is 5.82 Å². The molecule has 0 aromatic carbocycles. The van der Waals surface area contributed by atoms with Gasteiger partial charge in [-0.25, -0.2) is 14.8 Å². The summed E-state index contributed by atoms with van der Waals surface area (Å²) in [5.41, 5.74) is 0.786. The van der Waals surface area contributed by atoms with Crippen molar-refractivity contribution in [3.05, 3.63) is 42.4 Å². The number of hydrogen-bond acceptors (Lipinski definition) is 8. The molecule has 3 aromatic rings. The minimum atomic E-state index is -0.309. The number of likely N-dealkylation sites (tertiary alicyclic amines) is 1. The molecule has 180 valence electrons. The lowest BCUT2D eigenvalue weighted by molar-refractivity contribution is 0.0857. The molecule has 0 bridgehead atoms. The molecular weight excluding hydrogens is 438 g/mol. The lowest BCUT2D eigenvalue weighted by Gasteiger charge is -2.31. The summed E-state index contributed by atoms with van der Waals surface area (Å²) in [4.78, 5) is 39.3. The highest BCUT2D eigenvalue weighted by atomic mass is 16.6. The Balaban J connectivity index is 1.40. The largest absolute Gasteiger partial charge is 0.450 e. The Kier molecular flexibility index (Phi) is 6.62. The van der Waals surface area contributed by atoms with Crippen molar-refractivity contribution in [2.45, 2.75) is 52.0 Å². The van der Waals surface area contributed by atoms with E-state index in [1.165, 1.54) is 0 Å². The van der Waals surface area contributed by atoms with Crippen molar-refractivity contribution in [3.8, 4) is 17.3 Å². The lowest BCUT2D eigenvalue weighted by atomic mass is 9.96. The van der Waals surface area contributed by atoms with E-state index in [1.54, 1.807) is 47.2 Å². The Morgan fingerprint density at radius 2 is 2.00 bits per heavy atom. The normalized spacial score (nSPS) is 14.8. The molecule has 0 unspecified atom stereocenters. The van der Waals surface area contributed by atoms with Gasteiger partial charge in [0.05, 0.1) is 6.61 Å². The van der Waals surface area contributed by atoms with Crippen LogP contribution in [0.15, 0.2) is 35.4 Å². The maximum Gasteiger partial charge on any atom is 0.409 e. The van der Waals surface area contributed by atoms with Gasteiger partial charge >= 0.3 is 6.09 Å². The predicted octanol–water partition coefficient (Wildman–Crippen LogP) is 2.97. The van der Waals surface area contributed by atoms with Crippen molar-refractivity contribution in [2.75, 3.05) is 19.7 Å². The van der Waals surface area contributed by atoms with E-state index in [0.717, 1.165) is 5.56 Å². The van der Waals surface area contributed by atoms with Crippen molar-refractivity contribution in [3.63, 3.8) is 0 Å². The molecule has 1 aliphatic heterocycles. The number of amides is 2. The summed E-state index contributed by atoms with van der Waals surface area (Å²) in [6.45, 7) is 9.26. The summed E-state index contributed by atoms with van der Waals surface area (Å²) in [5.74, 6) is 1.33. The number of carbonyl (C=O) groups excluding carboxylic acids is 2. The molecule has 3 aromatic heterocycles. The topological polar surface area (TPSA) is 128 Å². The molecule has 1 fully saturated rings. The second-order valence-electron chi connectivity index (χ2n) is 9.18. The third-order valence-corrected chi connectivity index (χ3v) is 5.53. The second kappa shape index (κ2) is 9.62. The number of hydrogen-bond donors (Lipinski definition) is 1. The fourth-order valence-corrected chi connectivity index (χ4v) is 3.58. The Morgan fingerprint density at radius 3 is 2.68 bits per heavy atom. The van der Waals surface area contributed by atoms with Crippen molar-refractivity contribution < 1.29 is 18.8 Å². The predicted molar refractivity (Wildman–Crippen MR) is 122 cm³/mol. The van der Waals surface area contributed by atoms with Gasteiger partial charge in [0, 0.05) is 42.5 Å². The molecule has 4 heterocycles. The molecule has 0 spiro atoms. The molecule has 1 saturated heterocycles. The summed E-state index contributed by atoms with van der Waals surface area (Å²) in [6.07, 6.45) is 5.83. The number of piperidine rings is 1. The van der Waals surface area contributed by atoms with E-state index >= 15 is 0 Å². The molecular formula is C23H29N7O4. The third-order valence-electron chi connectivity index (χ3n) is 5.53. The van der Waals surface area contributed by atoms with E-state index in [-0.39, 0.29) is 29.2 Å². The van der Waals surface area contributed by atoms with Gasteiger partial charge in [-0.2, -0.15) is 4.98 Å². The average molecular weight is 468 g/mol. The van der Waals surface area contributed by atoms with Gasteiger partial charge in [-0.05, 0) is 31.9 Å². The summed E-state index contributed by atoms with van der Waals surface area (Å²) >= 11 is 0. The van der Waals surface area contributed by atoms with Crippen LogP contribution < -0.4 is 5.32 Å². The van der Waals surface area contributed by atoms with Gasteiger partial charge in [0.2, 0.25) is 0 Å². The van der Waals surface area contributed by atoms with Gasteiger partial charge in [-0.3, -0.25) is 9.36 Å². The molecule has 34 heavy (non-hydrogen) atoms. The number of rotatable bonds is 5. The Hall–Kier alpha value is -3.76. The fraction of sp³-hybridized carbons (Fsp3) is 0.478. The SMILES string of the molecule is CCOC(=O)N1CCC(NC(=O)c2cn(-c3cc(-c4nc(C(C)(C)C)no4)ccn3)cn2)CC1. The number of carbonyl (C=O) groups is 2. The number of pyridine rings is 1. The van der Waals surface area contributed by atoms with Gasteiger partial charge in [-0.1, -0.05) is 25.9 Å². The summed E-state index contributed by atoms with van der Waals surface area (Å²) in [7, 11) is 0. The molecule has 0 radical (unpaired) electrons. The van der Waals surface area contributed by atoms with Gasteiger partial charge in [0.25, 0.3) is 11.8 Å². The second-order valence-corrected chi connectivity index (χ2v) is 9.18. The fourth-order valence-electron chi connectivity index (χ4n) is 3.58. The summed E-state index contributed by atoms with van der Waals surface area (Å²) in [5, 5.41) is 7.06. The monoisotopic (exact) mass is 467 g/mol. The van der Waals surface area contributed by atoms with Crippen LogP contribution >= 0.6 is 0 Å². The van der Waals surface area contributed by atoms with Crippen LogP contribution in [0.5, 0.6) is 0 Å². The first kappa shape index (κ1) is 23.4. The van der Waals surface area contributed by atoms with Gasteiger partial charge in [0.1, 0.15) is 17.8 Å². The van der Waals surface area contributed by atoms with Gasteiger partial charge < -0.3 is 19.5 Å². The highest BCUT2D eigenvalue weighted by molar-refractivity contribution is 5.92. The first-order valence-corrected chi connectivity index (χ1v) is 11.3. The molecule has 4 rings (SSSR count). The molecule has 11 heteroatoms. The molecule has 1 aliphatic rings. The van der Waals surface area contributed by atoms with E-state index in [9.17, 15) is 9.59 Å². The standard InChI is InChI=1S/C23H29N7O4/c1-5-33-22(32)29-10-7-16(8-11-29)26-19(31)17-13-30(14-25-17)18-12-15(6-9-24-18)20-27-21(28-34-20)23(2,3)4/h6,9,12-14,16H,5,7-8,10-11H2,1-4H3,(H,26,31). The van der Waals surface area contributed by atoms with Crippen LogP contribution in [0.1, 0.15) is 56.8 Å². The molecule has 2 amide bonds. The minimum absolute atomic E-state index is 0.0284. The van der Waals surface area contributed by atoms with Crippen LogP contribution in [0.3, 0.4) is 0 Å². The van der Waals surface area contributed by atoms with Crippen molar-refractivity contribution >= 4 is 12.0 Å². The molecule has 0 aliphatic carbocycles. The van der Waals surface area contributed by atoms with Crippen LogP contribution in [-0.2, 0) is 10.2 Å². The molecule has 0 saturated carbocycles. The summed E-state index contributed by atoms with van der Waals surface area (Å²) < 4.78 is 12.1. The highest BCUT2D eigenvalue weighted by Crippen LogP contribution is 2.24. The summed E-state index contributed by atoms with van der Waals surface area (Å²) in [6, 6.07) is 3.56. The van der Waals surface area contributed by atoms with E-state index < -0.39 is 0 Å². The zero-order chi connectivity index (χ0) is 24.3. The maximum atomic E-state index is 12.7. The molecule has 11 nitrogen and oxygen atoms in total. The van der Waals surface area contributed by atoms with Gasteiger partial charge in [-0.15, -0.1) is 0 Å². The average Bonchev–Trinajstić information content (AvgIpc) is 3.50. The third kappa shape index (κ3) is 5.24. The smallest absolute Gasteiger partial charge is 0.409 e. The number of aromatic nitrogens is 5. The highest BCUT2D eigenvalue weighted by Gasteiger charge is 2.25. The van der Waals surface area contributed by atoms with Crippen molar-refractivity contribution in [1.29, 1.82) is 0 Å². The quantitative estimate of drug-likeness (QED) is 0.606. The van der Waals surface area contributed by atoms with E-state index in [2.05, 4.69) is 25.4 Å². The zero-order valence-corrected chi connectivity index (χ0v) is 19.8. The van der Waals surface area contributed by atoms with Crippen molar-refractivity contribution in [1.82, 2.24) is 34.9 Å². The van der Waals surface area contributed by atoms with Crippen LogP contribution in [-0.4, -0.2) is 67.3 Å². The first-order chi connectivity index (χ1) is 16.2. The number of nitrogens with zero attached hydrogens (tertiary/aromatic N) is 6. The van der Waals surface area contributed by atoms with Crippen molar-refractivity contribution in [2.24, 2.45) is 0 Å². The zero-order valence-electron chi connectivity index (χ0n) is 19.8. The van der Waals surface area contributed by atoms with Crippen LogP contribution in [0.2, 0.25) is 0 Å². The molecule has 0 atom stereocenters. The number of imidazole rings is 1. The Bertz CT molecular complexity index is 1160. The van der Waals surface area contributed by atoms with E-state index in [0.29, 0.717) is 50.1 Å². The maximum absolute atomic E-state index is 12.7. The van der Waals surface area contributed by atoms with E-state index in [1.807, 2.05) is 20.8 Å². The number of ether oxygens (including phenoxy) is 1. The van der Waals surface area contributed by atoms with E-state index in [4.69, 9.17) is 9.26 Å². The molecule has 1 N–H and O–H groups in total. The lowest BCUT2D eigenvalue weighted by Crippen LogP contribution is -2.46. The number of nitrogens with one attached hydrogen (secondary N) is 1. The van der Waals surface area contributed by atoms with Crippen LogP contribution in [0.25, 0.3) is 17.3 Å².